The lowest BCUT2D eigenvalue weighted by molar-refractivity contribution is -0.131. The van der Waals surface area contributed by atoms with Crippen LogP contribution in [0.4, 0.5) is 11.5 Å². The first-order valence-corrected chi connectivity index (χ1v) is 12.0. The van der Waals surface area contributed by atoms with E-state index in [4.69, 9.17) is 10.5 Å². The number of amides is 2. The van der Waals surface area contributed by atoms with Crippen molar-refractivity contribution in [1.82, 2.24) is 14.9 Å². The van der Waals surface area contributed by atoms with E-state index in [1.165, 1.54) is 11.9 Å². The predicted octanol–water partition coefficient (Wildman–Crippen LogP) is 3.38. The monoisotopic (exact) mass is 449 g/mol. The predicted molar refractivity (Wildman–Crippen MR) is 125 cm³/mol. The van der Waals surface area contributed by atoms with E-state index in [1.54, 1.807) is 4.90 Å². The Labute approximate surface area is 194 Å². The maximum atomic E-state index is 13.1. The Hall–Kier alpha value is -3.16. The van der Waals surface area contributed by atoms with Gasteiger partial charge < -0.3 is 20.3 Å². The molecular weight excluding hydrogens is 418 g/mol. The second kappa shape index (κ2) is 9.37. The maximum absolute atomic E-state index is 13.1. The number of anilines is 2. The minimum absolute atomic E-state index is 0.133. The summed E-state index contributed by atoms with van der Waals surface area (Å²) in [7, 11) is 0. The number of nitrogen functional groups attached to an aromatic ring is 1. The van der Waals surface area contributed by atoms with E-state index in [1.807, 2.05) is 17.0 Å². The Balaban J connectivity index is 1.21. The summed E-state index contributed by atoms with van der Waals surface area (Å²) in [6.07, 6.45) is 8.73. The number of nitrogens with two attached hydrogens (primary N) is 1. The molecule has 2 aromatic rings. The molecule has 2 fully saturated rings. The second-order valence-electron chi connectivity index (χ2n) is 9.35. The lowest BCUT2D eigenvalue weighted by atomic mass is 9.77. The van der Waals surface area contributed by atoms with Crippen molar-refractivity contribution in [3.8, 4) is 5.88 Å². The van der Waals surface area contributed by atoms with Crippen LogP contribution >= 0.6 is 0 Å². The number of aromatic nitrogens is 2. The van der Waals surface area contributed by atoms with Crippen molar-refractivity contribution < 1.29 is 14.3 Å². The molecule has 174 valence electrons. The lowest BCUT2D eigenvalue weighted by Crippen LogP contribution is -2.32. The number of carbonyl (C=O) groups is 2. The molecule has 1 saturated carbocycles. The van der Waals surface area contributed by atoms with Gasteiger partial charge >= 0.3 is 0 Å². The van der Waals surface area contributed by atoms with E-state index in [0.717, 1.165) is 57.3 Å². The van der Waals surface area contributed by atoms with Crippen molar-refractivity contribution in [2.45, 2.75) is 50.9 Å². The van der Waals surface area contributed by atoms with Gasteiger partial charge in [0.25, 0.3) is 5.91 Å². The topological polar surface area (TPSA) is 102 Å². The van der Waals surface area contributed by atoms with E-state index < -0.39 is 0 Å². The number of likely N-dealkylation sites (tertiary alicyclic amines) is 1. The van der Waals surface area contributed by atoms with Gasteiger partial charge in [0.05, 0.1) is 6.54 Å². The third-order valence-electron chi connectivity index (χ3n) is 7.30. The van der Waals surface area contributed by atoms with Crippen LogP contribution in [0, 0.1) is 5.92 Å². The Morgan fingerprint density at radius 2 is 1.76 bits per heavy atom. The number of ether oxygens (including phenoxy) is 1. The van der Waals surface area contributed by atoms with Gasteiger partial charge in [0.2, 0.25) is 11.8 Å². The molecule has 1 aromatic carbocycles. The molecule has 0 radical (unpaired) electrons. The van der Waals surface area contributed by atoms with E-state index in [0.29, 0.717) is 37.3 Å². The summed E-state index contributed by atoms with van der Waals surface area (Å²) in [4.78, 5) is 37.3. The number of hydrogen-bond donors (Lipinski definition) is 1. The molecule has 0 spiro atoms. The summed E-state index contributed by atoms with van der Waals surface area (Å²) in [5, 5.41) is 0. The standard InChI is InChI=1S/C25H31N5O3/c26-23-22-24(28-16-27-23)33-14-13-30(25(22)32)20-9-7-19(8-10-20)18-5-3-17(4-6-18)15-21(31)29-11-1-2-12-29/h7-10,16-18H,1-6,11-15H2,(H2,26,27,28). The molecule has 0 atom stereocenters. The SMILES string of the molecule is Nc1ncnc2c1C(=O)N(c1ccc(C3CCC(CC(=O)N4CCCC4)CC3)cc1)CCO2. The van der Waals surface area contributed by atoms with Gasteiger partial charge in [0, 0.05) is 25.2 Å². The molecule has 0 unspecified atom stereocenters. The summed E-state index contributed by atoms with van der Waals surface area (Å²) in [6, 6.07) is 8.25. The van der Waals surface area contributed by atoms with Crippen molar-refractivity contribution in [1.29, 1.82) is 0 Å². The van der Waals surface area contributed by atoms with Gasteiger partial charge in [-0.3, -0.25) is 9.59 Å². The third kappa shape index (κ3) is 4.51. The first-order chi connectivity index (χ1) is 16.1. The van der Waals surface area contributed by atoms with Crippen molar-refractivity contribution in [3.05, 3.63) is 41.7 Å². The molecule has 3 aliphatic rings. The first kappa shape index (κ1) is 21.7. The molecule has 33 heavy (non-hydrogen) atoms. The van der Waals surface area contributed by atoms with Gasteiger partial charge in [-0.05, 0) is 68.1 Å². The number of hydrogen-bond acceptors (Lipinski definition) is 6. The van der Waals surface area contributed by atoms with Crippen molar-refractivity contribution in [2.24, 2.45) is 5.92 Å². The van der Waals surface area contributed by atoms with Crippen LogP contribution < -0.4 is 15.4 Å². The molecule has 2 aliphatic heterocycles. The largest absolute Gasteiger partial charge is 0.475 e. The highest BCUT2D eigenvalue weighted by atomic mass is 16.5. The van der Waals surface area contributed by atoms with Crippen LogP contribution in [0.5, 0.6) is 5.88 Å². The van der Waals surface area contributed by atoms with Crippen LogP contribution in [0.25, 0.3) is 0 Å². The Bertz CT molecular complexity index is 1010. The molecule has 3 heterocycles. The van der Waals surface area contributed by atoms with Crippen LogP contribution in [0.2, 0.25) is 0 Å². The summed E-state index contributed by atoms with van der Waals surface area (Å²) >= 11 is 0. The highest BCUT2D eigenvalue weighted by molar-refractivity contribution is 6.10. The average molecular weight is 450 g/mol. The van der Waals surface area contributed by atoms with E-state index in [2.05, 4.69) is 22.1 Å². The van der Waals surface area contributed by atoms with Crippen molar-refractivity contribution in [3.63, 3.8) is 0 Å². The number of benzene rings is 1. The zero-order chi connectivity index (χ0) is 22.8. The lowest BCUT2D eigenvalue weighted by Gasteiger charge is -2.30. The second-order valence-corrected chi connectivity index (χ2v) is 9.35. The summed E-state index contributed by atoms with van der Waals surface area (Å²) in [5.74, 6) is 1.50. The highest BCUT2D eigenvalue weighted by Crippen LogP contribution is 2.38. The van der Waals surface area contributed by atoms with Gasteiger partial charge in [-0.1, -0.05) is 12.1 Å². The number of fused-ring (bicyclic) bond motifs is 1. The summed E-state index contributed by atoms with van der Waals surface area (Å²) in [6.45, 7) is 2.65. The molecule has 8 nitrogen and oxygen atoms in total. The fraction of sp³-hybridized carbons (Fsp3) is 0.520. The smallest absolute Gasteiger partial charge is 0.267 e. The van der Waals surface area contributed by atoms with Crippen LogP contribution in [0.1, 0.15) is 66.8 Å². The van der Waals surface area contributed by atoms with Gasteiger partial charge in [-0.2, -0.15) is 0 Å². The van der Waals surface area contributed by atoms with Gasteiger partial charge in [0.1, 0.15) is 24.3 Å². The van der Waals surface area contributed by atoms with Crippen LogP contribution in [0.15, 0.2) is 30.6 Å². The minimum atomic E-state index is -0.239. The molecule has 8 heteroatoms. The summed E-state index contributed by atoms with van der Waals surface area (Å²) in [5.41, 5.74) is 8.27. The molecular formula is C25H31N5O3. The quantitative estimate of drug-likeness (QED) is 0.768. The first-order valence-electron chi connectivity index (χ1n) is 12.0. The highest BCUT2D eigenvalue weighted by Gasteiger charge is 2.30. The molecule has 5 rings (SSSR count). The zero-order valence-electron chi connectivity index (χ0n) is 18.9. The van der Waals surface area contributed by atoms with Crippen LogP contribution in [-0.4, -0.2) is 52.9 Å². The molecule has 0 bridgehead atoms. The normalized spacial score (nSPS) is 23.1. The molecule has 2 N–H and O–H groups in total. The molecule has 2 amide bonds. The van der Waals surface area contributed by atoms with Gasteiger partial charge in [0.15, 0.2) is 0 Å². The maximum Gasteiger partial charge on any atom is 0.267 e. The van der Waals surface area contributed by atoms with Gasteiger partial charge in [-0.15, -0.1) is 0 Å². The fourth-order valence-corrected chi connectivity index (χ4v) is 5.38. The summed E-state index contributed by atoms with van der Waals surface area (Å²) < 4.78 is 5.62. The van der Waals surface area contributed by atoms with Crippen LogP contribution in [0.3, 0.4) is 0 Å². The Kier molecular flexibility index (Phi) is 6.15. The number of carbonyl (C=O) groups excluding carboxylic acids is 2. The Morgan fingerprint density at radius 1 is 1.03 bits per heavy atom. The number of rotatable bonds is 4. The van der Waals surface area contributed by atoms with Gasteiger partial charge in [-0.25, -0.2) is 9.97 Å². The zero-order valence-corrected chi connectivity index (χ0v) is 18.9. The van der Waals surface area contributed by atoms with Crippen molar-refractivity contribution >= 4 is 23.3 Å². The minimum Gasteiger partial charge on any atom is -0.475 e. The van der Waals surface area contributed by atoms with Crippen LogP contribution in [-0.2, 0) is 4.79 Å². The molecule has 1 saturated heterocycles. The third-order valence-corrected chi connectivity index (χ3v) is 7.30. The molecule has 1 aliphatic carbocycles. The fourth-order valence-electron chi connectivity index (χ4n) is 5.38. The van der Waals surface area contributed by atoms with E-state index in [9.17, 15) is 9.59 Å². The van der Waals surface area contributed by atoms with E-state index in [-0.39, 0.29) is 23.2 Å². The average Bonchev–Trinajstić information content (AvgIpc) is 3.32. The van der Waals surface area contributed by atoms with Crippen molar-refractivity contribution in [2.75, 3.05) is 36.9 Å². The van der Waals surface area contributed by atoms with E-state index >= 15 is 0 Å². The number of nitrogens with zero attached hydrogens (tertiary/aromatic N) is 4. The Morgan fingerprint density at radius 3 is 2.48 bits per heavy atom. The molecule has 1 aromatic heterocycles.